The summed E-state index contributed by atoms with van der Waals surface area (Å²) in [6, 6.07) is 3.05. The maximum atomic E-state index is 13.9. The molecule has 1 aromatic heterocycles. The zero-order valence-electron chi connectivity index (χ0n) is 18.1. The molecule has 2 fully saturated rings. The first kappa shape index (κ1) is 21.6. The van der Waals surface area contributed by atoms with Crippen LogP contribution in [0.25, 0.3) is 0 Å². The van der Waals surface area contributed by atoms with Gasteiger partial charge in [0.15, 0.2) is 17.7 Å². The Bertz CT molecular complexity index is 1210. The third kappa shape index (κ3) is 3.49. The van der Waals surface area contributed by atoms with E-state index in [9.17, 15) is 23.2 Å². The van der Waals surface area contributed by atoms with Crippen LogP contribution in [0.5, 0.6) is 5.75 Å². The maximum Gasteiger partial charge on any atom is 0.276 e. The number of pyridine rings is 1. The zero-order chi connectivity index (χ0) is 23.4. The molecule has 33 heavy (non-hydrogen) atoms. The van der Waals surface area contributed by atoms with Crippen LogP contribution in [0.15, 0.2) is 29.2 Å². The Morgan fingerprint density at radius 2 is 2.06 bits per heavy atom. The first-order valence-corrected chi connectivity index (χ1v) is 10.8. The topological polar surface area (TPSA) is 89.9 Å². The van der Waals surface area contributed by atoms with Gasteiger partial charge < -0.3 is 24.3 Å². The van der Waals surface area contributed by atoms with Crippen LogP contribution < -0.4 is 15.5 Å². The fraction of sp³-hybridized carbons (Fsp3) is 0.435. The molecule has 2 amide bonds. The van der Waals surface area contributed by atoms with E-state index in [0.717, 1.165) is 18.9 Å². The highest BCUT2D eigenvalue weighted by atomic mass is 19.1. The number of rotatable bonds is 4. The van der Waals surface area contributed by atoms with Gasteiger partial charge in [-0.1, -0.05) is 13.0 Å². The minimum absolute atomic E-state index is 0.0402. The van der Waals surface area contributed by atoms with Gasteiger partial charge in [0.05, 0.1) is 19.8 Å². The van der Waals surface area contributed by atoms with Crippen LogP contribution in [0.4, 0.5) is 8.78 Å². The number of amides is 2. The molecular formula is C23H23F2N3O5. The van der Waals surface area contributed by atoms with Crippen molar-refractivity contribution in [2.75, 3.05) is 7.11 Å². The summed E-state index contributed by atoms with van der Waals surface area (Å²) in [4.78, 5) is 40.9. The Morgan fingerprint density at radius 1 is 1.27 bits per heavy atom. The number of carbonyl (C=O) groups is 2. The fourth-order valence-corrected chi connectivity index (χ4v) is 5.11. The third-order valence-corrected chi connectivity index (χ3v) is 6.75. The number of hydrogen-bond donors (Lipinski definition) is 1. The van der Waals surface area contributed by atoms with Crippen LogP contribution in [-0.2, 0) is 17.8 Å². The van der Waals surface area contributed by atoms with E-state index >= 15 is 0 Å². The van der Waals surface area contributed by atoms with E-state index in [-0.39, 0.29) is 53.7 Å². The minimum Gasteiger partial charge on any atom is -0.491 e. The number of fused-ring (bicyclic) bond motifs is 5. The van der Waals surface area contributed by atoms with Crippen molar-refractivity contribution in [3.63, 3.8) is 0 Å². The number of carbonyl (C=O) groups excluding carboxylic acids is 2. The molecule has 2 aromatic rings. The van der Waals surface area contributed by atoms with Crippen molar-refractivity contribution >= 4 is 11.8 Å². The molecule has 1 aliphatic carbocycles. The van der Waals surface area contributed by atoms with Gasteiger partial charge in [-0.2, -0.15) is 0 Å². The SMILES string of the molecule is COc1c2n(cc(C(=O)NCc3ccc(F)cc3F)c1=O)C[C@@H]1O[C@H]3C[C@H](CC3C)N1C2=O. The van der Waals surface area contributed by atoms with Crippen molar-refractivity contribution in [2.24, 2.45) is 5.92 Å². The smallest absolute Gasteiger partial charge is 0.276 e. The molecule has 0 spiro atoms. The number of ether oxygens (including phenoxy) is 2. The maximum absolute atomic E-state index is 13.9. The number of methoxy groups -OCH3 is 1. The van der Waals surface area contributed by atoms with Gasteiger partial charge in [-0.3, -0.25) is 14.4 Å². The average Bonchev–Trinajstić information content (AvgIpc) is 3.06. The largest absolute Gasteiger partial charge is 0.491 e. The molecular weight excluding hydrogens is 436 g/mol. The summed E-state index contributed by atoms with van der Waals surface area (Å²) in [7, 11) is 1.27. The lowest BCUT2D eigenvalue weighted by atomic mass is 10.1. The monoisotopic (exact) mass is 459 g/mol. The van der Waals surface area contributed by atoms with Crippen LogP contribution in [0.2, 0.25) is 0 Å². The molecule has 4 atom stereocenters. The van der Waals surface area contributed by atoms with Gasteiger partial charge in [-0.05, 0) is 24.8 Å². The van der Waals surface area contributed by atoms with E-state index in [1.54, 1.807) is 4.90 Å². The lowest BCUT2D eigenvalue weighted by Gasteiger charge is -2.44. The van der Waals surface area contributed by atoms with Crippen molar-refractivity contribution in [1.82, 2.24) is 14.8 Å². The minimum atomic E-state index is -0.806. The highest BCUT2D eigenvalue weighted by Crippen LogP contribution is 2.41. The second kappa shape index (κ2) is 7.95. The second-order valence-corrected chi connectivity index (χ2v) is 8.77. The highest BCUT2D eigenvalue weighted by Gasteiger charge is 2.50. The normalized spacial score (nSPS) is 25.5. The molecule has 10 heteroatoms. The molecule has 1 saturated carbocycles. The molecule has 2 bridgehead atoms. The number of benzene rings is 1. The van der Waals surface area contributed by atoms with E-state index in [2.05, 4.69) is 12.2 Å². The van der Waals surface area contributed by atoms with Crippen molar-refractivity contribution in [2.45, 2.75) is 51.2 Å². The van der Waals surface area contributed by atoms with Gasteiger partial charge >= 0.3 is 0 Å². The summed E-state index contributed by atoms with van der Waals surface area (Å²) in [6.45, 7) is 2.11. The van der Waals surface area contributed by atoms with Crippen molar-refractivity contribution < 1.29 is 27.8 Å². The first-order valence-electron chi connectivity index (χ1n) is 10.8. The summed E-state index contributed by atoms with van der Waals surface area (Å²) >= 11 is 0. The molecule has 1 unspecified atom stereocenters. The van der Waals surface area contributed by atoms with Crippen LogP contribution in [0.1, 0.15) is 46.2 Å². The Morgan fingerprint density at radius 3 is 2.79 bits per heavy atom. The molecule has 3 aliphatic rings. The summed E-state index contributed by atoms with van der Waals surface area (Å²) in [5.74, 6) is -2.55. The first-order chi connectivity index (χ1) is 15.8. The Labute approximate surface area is 188 Å². The van der Waals surface area contributed by atoms with E-state index in [4.69, 9.17) is 9.47 Å². The van der Waals surface area contributed by atoms with Crippen molar-refractivity contribution in [3.05, 3.63) is 63.1 Å². The van der Waals surface area contributed by atoms with Gasteiger partial charge in [-0.25, -0.2) is 8.78 Å². The molecule has 8 nitrogen and oxygen atoms in total. The van der Waals surface area contributed by atoms with Crippen LogP contribution in [0, 0.1) is 17.6 Å². The van der Waals surface area contributed by atoms with Crippen LogP contribution in [-0.4, -0.2) is 46.8 Å². The molecule has 1 saturated heterocycles. The number of aromatic nitrogens is 1. The van der Waals surface area contributed by atoms with Crippen molar-refractivity contribution in [1.29, 1.82) is 0 Å². The summed E-state index contributed by atoms with van der Waals surface area (Å²) in [5.41, 5.74) is -0.822. The molecule has 0 radical (unpaired) electrons. The predicted molar refractivity (Wildman–Crippen MR) is 112 cm³/mol. The molecule has 1 N–H and O–H groups in total. The number of nitrogens with one attached hydrogen (secondary N) is 1. The van der Waals surface area contributed by atoms with Crippen LogP contribution >= 0.6 is 0 Å². The average molecular weight is 459 g/mol. The van der Waals surface area contributed by atoms with Gasteiger partial charge in [0, 0.05) is 30.4 Å². The zero-order valence-corrected chi connectivity index (χ0v) is 18.1. The second-order valence-electron chi connectivity index (χ2n) is 8.77. The molecule has 5 rings (SSSR count). The van der Waals surface area contributed by atoms with Gasteiger partial charge in [0.2, 0.25) is 5.43 Å². The Kier molecular flexibility index (Phi) is 5.19. The Balaban J connectivity index is 1.46. The van der Waals surface area contributed by atoms with E-state index in [1.165, 1.54) is 23.9 Å². The van der Waals surface area contributed by atoms with E-state index < -0.39 is 29.2 Å². The quantitative estimate of drug-likeness (QED) is 0.756. The van der Waals surface area contributed by atoms with Crippen LogP contribution in [0.3, 0.4) is 0 Å². The molecule has 174 valence electrons. The summed E-state index contributed by atoms with van der Waals surface area (Å²) < 4.78 is 39.9. The number of hydrogen-bond acceptors (Lipinski definition) is 5. The fourth-order valence-electron chi connectivity index (χ4n) is 5.11. The third-order valence-electron chi connectivity index (χ3n) is 6.75. The lowest BCUT2D eigenvalue weighted by Crippen LogP contribution is -2.57. The molecule has 1 aromatic carbocycles. The number of halogens is 2. The van der Waals surface area contributed by atoms with Crippen molar-refractivity contribution in [3.8, 4) is 5.75 Å². The summed E-state index contributed by atoms with van der Waals surface area (Å²) in [5, 5.41) is 2.48. The molecule has 3 heterocycles. The highest BCUT2D eigenvalue weighted by molar-refractivity contribution is 5.99. The van der Waals surface area contributed by atoms with E-state index in [0.29, 0.717) is 12.0 Å². The van der Waals surface area contributed by atoms with Gasteiger partial charge in [0.1, 0.15) is 17.2 Å². The molecule has 2 aliphatic heterocycles. The standard InChI is InChI=1S/C23H23F2N3O5/c1-11-5-14-7-17(11)33-18-10-27-9-15(20(29)21(32-2)19(27)23(31)28(14)18)22(30)26-8-12-3-4-13(24)6-16(12)25/h3-4,6,9,11,14,17-18H,5,7-8,10H2,1-2H3,(H,26,30)/t11?,14-,17-,18-/m0/s1. The lowest BCUT2D eigenvalue weighted by molar-refractivity contribution is -0.138. The van der Waals surface area contributed by atoms with E-state index in [1.807, 2.05) is 0 Å². The van der Waals surface area contributed by atoms with Gasteiger partial charge in [-0.15, -0.1) is 0 Å². The Hall–Kier alpha value is -3.27. The van der Waals surface area contributed by atoms with Gasteiger partial charge in [0.25, 0.3) is 11.8 Å². The summed E-state index contributed by atoms with van der Waals surface area (Å²) in [6.07, 6.45) is 2.49. The predicted octanol–water partition coefficient (Wildman–Crippen LogP) is 2.04. The number of nitrogens with zero attached hydrogens (tertiary/aromatic N) is 2.